The molecule has 4 nitrogen and oxygen atoms in total. The van der Waals surface area contributed by atoms with E-state index in [1.54, 1.807) is 11.4 Å². The molecule has 5 heteroatoms. The number of carboxylic acid groups (broad SMARTS) is 1. The number of carbonyl (C=O) groups is 1. The molecular formula is C9H10N2O2S. The zero-order valence-corrected chi connectivity index (χ0v) is 8.30. The fraction of sp³-hybridized carbons (Fsp3) is 0.333. The second-order valence-corrected chi connectivity index (χ2v) is 3.73. The van der Waals surface area contributed by atoms with E-state index in [9.17, 15) is 4.79 Å². The number of nitrogens with one attached hydrogen (secondary N) is 1. The summed E-state index contributed by atoms with van der Waals surface area (Å²) in [6.07, 6.45) is 0.122. The van der Waals surface area contributed by atoms with E-state index in [1.807, 2.05) is 6.07 Å². The van der Waals surface area contributed by atoms with Crippen molar-refractivity contribution in [2.45, 2.75) is 13.0 Å². The van der Waals surface area contributed by atoms with E-state index in [0.29, 0.717) is 18.7 Å². The van der Waals surface area contributed by atoms with Crippen molar-refractivity contribution in [3.05, 3.63) is 21.9 Å². The van der Waals surface area contributed by atoms with E-state index in [0.717, 1.165) is 4.88 Å². The summed E-state index contributed by atoms with van der Waals surface area (Å²) in [5.41, 5.74) is 0.657. The molecule has 74 valence electrons. The quantitative estimate of drug-likeness (QED) is 0.716. The first-order valence-corrected chi connectivity index (χ1v) is 5.00. The highest BCUT2D eigenvalue weighted by atomic mass is 32.1. The van der Waals surface area contributed by atoms with Crippen LogP contribution in [0.25, 0.3) is 0 Å². The Morgan fingerprint density at radius 3 is 3.07 bits per heavy atom. The van der Waals surface area contributed by atoms with Crippen molar-refractivity contribution in [3.8, 4) is 6.07 Å². The summed E-state index contributed by atoms with van der Waals surface area (Å²) in [5, 5.41) is 21.7. The van der Waals surface area contributed by atoms with Crippen molar-refractivity contribution in [1.29, 1.82) is 5.26 Å². The summed E-state index contributed by atoms with van der Waals surface area (Å²) < 4.78 is 0. The molecular weight excluding hydrogens is 200 g/mol. The summed E-state index contributed by atoms with van der Waals surface area (Å²) in [7, 11) is 0. The molecule has 2 N–H and O–H groups in total. The van der Waals surface area contributed by atoms with Crippen LogP contribution >= 0.6 is 11.3 Å². The molecule has 1 rings (SSSR count). The number of carboxylic acids is 1. The predicted molar refractivity (Wildman–Crippen MR) is 53.0 cm³/mol. The van der Waals surface area contributed by atoms with E-state index in [4.69, 9.17) is 10.4 Å². The average Bonchev–Trinajstić information content (AvgIpc) is 2.60. The largest absolute Gasteiger partial charge is 0.481 e. The van der Waals surface area contributed by atoms with E-state index in [2.05, 4.69) is 5.32 Å². The van der Waals surface area contributed by atoms with Gasteiger partial charge in [0.15, 0.2) is 0 Å². The molecule has 0 bridgehead atoms. The molecule has 0 atom stereocenters. The van der Waals surface area contributed by atoms with E-state index in [1.165, 1.54) is 11.3 Å². The molecule has 0 radical (unpaired) electrons. The Labute approximate surface area is 85.8 Å². The van der Waals surface area contributed by atoms with Gasteiger partial charge in [0.05, 0.1) is 12.0 Å². The fourth-order valence-electron chi connectivity index (χ4n) is 0.939. The molecule has 0 aromatic carbocycles. The first kappa shape index (κ1) is 10.7. The van der Waals surface area contributed by atoms with Crippen molar-refractivity contribution in [3.63, 3.8) is 0 Å². The van der Waals surface area contributed by atoms with Crippen LogP contribution in [0, 0.1) is 11.3 Å². The van der Waals surface area contributed by atoms with Crippen LogP contribution in [0.2, 0.25) is 0 Å². The van der Waals surface area contributed by atoms with E-state index >= 15 is 0 Å². The standard InChI is InChI=1S/C9H10N2O2S/c10-4-7-3-8(14-6-7)5-11-2-1-9(12)13/h3,6,11H,1-2,5H2,(H,12,13). The highest BCUT2D eigenvalue weighted by molar-refractivity contribution is 7.10. The molecule has 0 amide bonds. The number of hydrogen-bond acceptors (Lipinski definition) is 4. The van der Waals surface area contributed by atoms with Gasteiger partial charge < -0.3 is 10.4 Å². The molecule has 1 aromatic rings. The third-order valence-corrected chi connectivity index (χ3v) is 2.53. The molecule has 0 fully saturated rings. The van der Waals surface area contributed by atoms with E-state index in [-0.39, 0.29) is 6.42 Å². The van der Waals surface area contributed by atoms with Gasteiger partial charge in [0.2, 0.25) is 0 Å². The van der Waals surface area contributed by atoms with Crippen molar-refractivity contribution in [2.75, 3.05) is 6.54 Å². The summed E-state index contributed by atoms with van der Waals surface area (Å²) in [5.74, 6) is -0.804. The van der Waals surface area contributed by atoms with Gasteiger partial charge in [-0.3, -0.25) is 4.79 Å². The molecule has 0 spiro atoms. The number of aliphatic carboxylic acids is 1. The van der Waals surface area contributed by atoms with Crippen molar-refractivity contribution in [2.24, 2.45) is 0 Å². The lowest BCUT2D eigenvalue weighted by Crippen LogP contribution is -2.16. The first-order valence-electron chi connectivity index (χ1n) is 4.12. The second-order valence-electron chi connectivity index (χ2n) is 2.73. The second kappa shape index (κ2) is 5.37. The maximum Gasteiger partial charge on any atom is 0.304 e. The van der Waals surface area contributed by atoms with Gasteiger partial charge in [-0.05, 0) is 6.07 Å². The molecule has 1 aromatic heterocycles. The number of nitriles is 1. The minimum absolute atomic E-state index is 0.122. The maximum absolute atomic E-state index is 10.2. The monoisotopic (exact) mass is 210 g/mol. The number of nitrogens with zero attached hydrogens (tertiary/aromatic N) is 1. The molecule has 14 heavy (non-hydrogen) atoms. The molecule has 0 saturated heterocycles. The third-order valence-electron chi connectivity index (χ3n) is 1.60. The normalized spacial score (nSPS) is 9.64. The van der Waals surface area contributed by atoms with Crippen molar-refractivity contribution >= 4 is 17.3 Å². The van der Waals surface area contributed by atoms with Gasteiger partial charge in [-0.15, -0.1) is 11.3 Å². The van der Waals surface area contributed by atoms with Gasteiger partial charge in [-0.2, -0.15) is 5.26 Å². The van der Waals surface area contributed by atoms with Gasteiger partial charge in [-0.25, -0.2) is 0 Å². The van der Waals surface area contributed by atoms with Gasteiger partial charge in [-0.1, -0.05) is 0 Å². The van der Waals surface area contributed by atoms with Crippen LogP contribution in [0.4, 0.5) is 0 Å². The number of rotatable bonds is 5. The van der Waals surface area contributed by atoms with Crippen LogP contribution in [0.15, 0.2) is 11.4 Å². The molecule has 0 aliphatic carbocycles. The van der Waals surface area contributed by atoms with Gasteiger partial charge in [0, 0.05) is 23.3 Å². The minimum Gasteiger partial charge on any atom is -0.481 e. The van der Waals surface area contributed by atoms with Crippen LogP contribution in [-0.2, 0) is 11.3 Å². The Morgan fingerprint density at radius 2 is 2.50 bits per heavy atom. The zero-order valence-electron chi connectivity index (χ0n) is 7.49. The molecule has 0 aliphatic rings. The lowest BCUT2D eigenvalue weighted by molar-refractivity contribution is -0.136. The Morgan fingerprint density at radius 1 is 1.71 bits per heavy atom. The van der Waals surface area contributed by atoms with Crippen molar-refractivity contribution < 1.29 is 9.90 Å². The molecule has 1 heterocycles. The SMILES string of the molecule is N#Cc1csc(CNCCC(=O)O)c1. The van der Waals surface area contributed by atoms with Gasteiger partial charge in [0.1, 0.15) is 6.07 Å². The van der Waals surface area contributed by atoms with E-state index < -0.39 is 5.97 Å². The van der Waals surface area contributed by atoms with Crippen LogP contribution < -0.4 is 5.32 Å². The number of hydrogen-bond donors (Lipinski definition) is 2. The average molecular weight is 210 g/mol. The summed E-state index contributed by atoms with van der Waals surface area (Å²) in [6, 6.07) is 3.85. The lowest BCUT2D eigenvalue weighted by atomic mass is 10.3. The summed E-state index contributed by atoms with van der Waals surface area (Å²) in [6.45, 7) is 1.08. The lowest BCUT2D eigenvalue weighted by Gasteiger charge is -1.98. The first-order chi connectivity index (χ1) is 6.72. The maximum atomic E-state index is 10.2. The highest BCUT2D eigenvalue weighted by Gasteiger charge is 1.99. The molecule has 0 aliphatic heterocycles. The fourth-order valence-corrected chi connectivity index (χ4v) is 1.72. The molecule has 0 unspecified atom stereocenters. The Balaban J connectivity index is 2.25. The topological polar surface area (TPSA) is 73.1 Å². The van der Waals surface area contributed by atoms with Crippen molar-refractivity contribution in [1.82, 2.24) is 5.32 Å². The molecule has 0 saturated carbocycles. The van der Waals surface area contributed by atoms with Crippen LogP contribution in [0.3, 0.4) is 0 Å². The number of thiophene rings is 1. The van der Waals surface area contributed by atoms with Crippen LogP contribution in [-0.4, -0.2) is 17.6 Å². The zero-order chi connectivity index (χ0) is 10.4. The summed E-state index contributed by atoms with van der Waals surface area (Å²) in [4.78, 5) is 11.2. The highest BCUT2D eigenvalue weighted by Crippen LogP contribution is 2.12. The van der Waals surface area contributed by atoms with Gasteiger partial charge >= 0.3 is 5.97 Å². The predicted octanol–water partition coefficient (Wildman–Crippen LogP) is 1.18. The smallest absolute Gasteiger partial charge is 0.304 e. The third kappa shape index (κ3) is 3.56. The Kier molecular flexibility index (Phi) is 4.11. The van der Waals surface area contributed by atoms with Crippen LogP contribution in [0.1, 0.15) is 16.9 Å². The van der Waals surface area contributed by atoms with Gasteiger partial charge in [0.25, 0.3) is 0 Å². The minimum atomic E-state index is -0.804. The summed E-state index contributed by atoms with van der Waals surface area (Å²) >= 11 is 1.50. The Bertz CT molecular complexity index is 354. The Hall–Kier alpha value is -1.38. The van der Waals surface area contributed by atoms with Crippen LogP contribution in [0.5, 0.6) is 0 Å².